The summed E-state index contributed by atoms with van der Waals surface area (Å²) in [4.78, 5) is 28.7. The molecule has 0 aromatic heterocycles. The van der Waals surface area contributed by atoms with Crippen LogP contribution in [-0.2, 0) is 9.59 Å². The maximum absolute atomic E-state index is 13.8. The van der Waals surface area contributed by atoms with Gasteiger partial charge in [-0.1, -0.05) is 63.3 Å². The van der Waals surface area contributed by atoms with E-state index < -0.39 is 35.4 Å². The molecule has 38 heavy (non-hydrogen) atoms. The van der Waals surface area contributed by atoms with Crippen LogP contribution in [0.3, 0.4) is 0 Å². The standard InChI is InChI=1S/C31H42FNO5/c1-4-19(14-20-11-12-26(35)25(32)15-20)10-13-27(36)28-22(18(2)3)16-23-29(24(28)17-34)31(38)33(30(23)37)21-8-6-5-7-9-21/h11-12,14-15,18,21,23-24,27,29,34-36H,4-10,13,16-17H2,1-3H3/b19-14+/t23-,24+,27-,29-/m1/s1. The topological polar surface area (TPSA) is 98.1 Å². The number of phenols is 1. The van der Waals surface area contributed by atoms with Crippen molar-refractivity contribution in [1.82, 2.24) is 4.90 Å². The lowest BCUT2D eigenvalue weighted by molar-refractivity contribution is -0.143. The molecule has 1 saturated carbocycles. The van der Waals surface area contributed by atoms with Crippen molar-refractivity contribution in [3.05, 3.63) is 46.3 Å². The number of phenolic OH excluding ortho intramolecular Hbond substituents is 1. The highest BCUT2D eigenvalue weighted by atomic mass is 19.1. The summed E-state index contributed by atoms with van der Waals surface area (Å²) in [6.07, 6.45) is 7.98. The van der Waals surface area contributed by atoms with Crippen LogP contribution in [-0.4, -0.2) is 50.8 Å². The Labute approximate surface area is 225 Å². The lowest BCUT2D eigenvalue weighted by atomic mass is 9.66. The summed E-state index contributed by atoms with van der Waals surface area (Å²) in [5.74, 6) is -2.95. The van der Waals surface area contributed by atoms with Crippen LogP contribution < -0.4 is 0 Å². The Morgan fingerprint density at radius 2 is 1.87 bits per heavy atom. The molecule has 4 rings (SSSR count). The molecule has 6 nitrogen and oxygen atoms in total. The van der Waals surface area contributed by atoms with Gasteiger partial charge in [0.05, 0.1) is 24.5 Å². The van der Waals surface area contributed by atoms with E-state index in [9.17, 15) is 29.3 Å². The van der Waals surface area contributed by atoms with Crippen molar-refractivity contribution < 1.29 is 29.3 Å². The molecule has 3 aliphatic rings. The van der Waals surface area contributed by atoms with E-state index in [1.54, 1.807) is 6.07 Å². The van der Waals surface area contributed by atoms with Crippen molar-refractivity contribution in [2.24, 2.45) is 23.7 Å². The Morgan fingerprint density at radius 3 is 2.47 bits per heavy atom. The number of halogens is 1. The first kappa shape index (κ1) is 28.5. The van der Waals surface area contributed by atoms with Gasteiger partial charge < -0.3 is 15.3 Å². The molecule has 0 unspecified atom stereocenters. The van der Waals surface area contributed by atoms with Crippen molar-refractivity contribution in [3.8, 4) is 5.75 Å². The minimum absolute atomic E-state index is 0.0495. The average Bonchev–Trinajstić information content (AvgIpc) is 3.16. The first-order valence-corrected chi connectivity index (χ1v) is 14.2. The second kappa shape index (κ2) is 12.1. The van der Waals surface area contributed by atoms with E-state index in [-0.39, 0.29) is 30.4 Å². The minimum Gasteiger partial charge on any atom is -0.505 e. The fraction of sp³-hybridized carbons (Fsp3) is 0.613. The van der Waals surface area contributed by atoms with Crippen molar-refractivity contribution in [1.29, 1.82) is 0 Å². The zero-order valence-corrected chi connectivity index (χ0v) is 22.8. The molecule has 3 N–H and O–H groups in total. The second-order valence-corrected chi connectivity index (χ2v) is 11.5. The first-order chi connectivity index (χ1) is 18.2. The SMILES string of the molecule is CC/C(=C\c1ccc(O)c(F)c1)CC[C@@H](O)C1=C(C(C)C)C[C@H]2C(=O)N(C3CCCCC3)C(=O)[C@H]2[C@H]1CO. The van der Waals surface area contributed by atoms with Crippen LogP contribution in [0.1, 0.15) is 84.1 Å². The number of aliphatic hydroxyl groups excluding tert-OH is 2. The van der Waals surface area contributed by atoms with Crippen LogP contribution in [0.15, 0.2) is 34.9 Å². The number of benzene rings is 1. The predicted octanol–water partition coefficient (Wildman–Crippen LogP) is 5.36. The summed E-state index contributed by atoms with van der Waals surface area (Å²) in [5.41, 5.74) is 3.36. The highest BCUT2D eigenvalue weighted by Crippen LogP contribution is 2.49. The van der Waals surface area contributed by atoms with Gasteiger partial charge in [-0.05, 0) is 67.7 Å². The van der Waals surface area contributed by atoms with Gasteiger partial charge in [-0.3, -0.25) is 14.5 Å². The number of fused-ring (bicyclic) bond motifs is 1. The third-order valence-corrected chi connectivity index (χ3v) is 8.88. The number of hydrogen-bond acceptors (Lipinski definition) is 5. The lowest BCUT2D eigenvalue weighted by Gasteiger charge is -2.38. The lowest BCUT2D eigenvalue weighted by Crippen LogP contribution is -2.42. The van der Waals surface area contributed by atoms with E-state index in [0.717, 1.165) is 48.8 Å². The molecule has 2 aliphatic carbocycles. The Morgan fingerprint density at radius 1 is 1.16 bits per heavy atom. The molecule has 1 aliphatic heterocycles. The van der Waals surface area contributed by atoms with Gasteiger partial charge in [0.25, 0.3) is 0 Å². The number of carbonyl (C=O) groups excluding carboxylic acids is 2. The summed E-state index contributed by atoms with van der Waals surface area (Å²) in [6, 6.07) is 4.20. The molecule has 1 saturated heterocycles. The number of likely N-dealkylation sites (tertiary alicyclic amines) is 1. The average molecular weight is 528 g/mol. The van der Waals surface area contributed by atoms with Crippen LogP contribution in [0.5, 0.6) is 5.75 Å². The fourth-order valence-corrected chi connectivity index (χ4v) is 6.85. The highest BCUT2D eigenvalue weighted by molar-refractivity contribution is 6.06. The number of carbonyl (C=O) groups is 2. The molecule has 0 bridgehead atoms. The largest absolute Gasteiger partial charge is 0.505 e. The summed E-state index contributed by atoms with van der Waals surface area (Å²) >= 11 is 0. The maximum Gasteiger partial charge on any atom is 0.234 e. The van der Waals surface area contributed by atoms with Gasteiger partial charge in [-0.2, -0.15) is 0 Å². The number of aromatic hydroxyl groups is 1. The van der Waals surface area contributed by atoms with Crippen LogP contribution >= 0.6 is 0 Å². The van der Waals surface area contributed by atoms with Crippen molar-refractivity contribution in [2.75, 3.05) is 6.61 Å². The number of nitrogens with zero attached hydrogens (tertiary/aromatic N) is 1. The van der Waals surface area contributed by atoms with E-state index in [2.05, 4.69) is 0 Å². The summed E-state index contributed by atoms with van der Waals surface area (Å²) in [7, 11) is 0. The summed E-state index contributed by atoms with van der Waals surface area (Å²) in [5, 5.41) is 31.5. The van der Waals surface area contributed by atoms with Gasteiger partial charge in [0.2, 0.25) is 11.8 Å². The maximum atomic E-state index is 13.8. The van der Waals surface area contributed by atoms with Gasteiger partial charge >= 0.3 is 0 Å². The minimum atomic E-state index is -0.858. The van der Waals surface area contributed by atoms with E-state index >= 15 is 0 Å². The van der Waals surface area contributed by atoms with E-state index in [4.69, 9.17) is 0 Å². The van der Waals surface area contributed by atoms with E-state index in [0.29, 0.717) is 31.2 Å². The number of allylic oxidation sites excluding steroid dienone is 2. The third-order valence-electron chi connectivity index (χ3n) is 8.88. The molecule has 208 valence electrons. The van der Waals surface area contributed by atoms with Gasteiger partial charge in [-0.25, -0.2) is 4.39 Å². The van der Waals surface area contributed by atoms with Crippen LogP contribution in [0, 0.1) is 29.5 Å². The molecular formula is C31H42FNO5. The number of imide groups is 1. The van der Waals surface area contributed by atoms with Crippen LogP contribution in [0.25, 0.3) is 6.08 Å². The Bertz CT molecular complexity index is 1100. The van der Waals surface area contributed by atoms with Gasteiger partial charge in [0.1, 0.15) is 0 Å². The number of rotatable bonds is 9. The molecule has 0 radical (unpaired) electrons. The summed E-state index contributed by atoms with van der Waals surface area (Å²) < 4.78 is 13.8. The number of aliphatic hydroxyl groups is 2. The Kier molecular flexibility index (Phi) is 9.09. The van der Waals surface area contributed by atoms with Gasteiger partial charge in [0, 0.05) is 12.0 Å². The zero-order valence-electron chi connectivity index (χ0n) is 22.8. The third kappa shape index (κ3) is 5.59. The molecule has 1 aromatic rings. The Balaban J connectivity index is 1.57. The monoisotopic (exact) mass is 527 g/mol. The number of hydrogen-bond donors (Lipinski definition) is 3. The smallest absolute Gasteiger partial charge is 0.234 e. The molecule has 4 atom stereocenters. The molecule has 1 aromatic carbocycles. The van der Waals surface area contributed by atoms with E-state index in [1.165, 1.54) is 17.0 Å². The van der Waals surface area contributed by atoms with Crippen molar-refractivity contribution in [2.45, 2.75) is 90.7 Å². The molecule has 2 amide bonds. The quantitative estimate of drug-likeness (QED) is 0.297. The van der Waals surface area contributed by atoms with Gasteiger partial charge in [-0.15, -0.1) is 0 Å². The zero-order chi connectivity index (χ0) is 27.6. The molecule has 1 heterocycles. The fourth-order valence-electron chi connectivity index (χ4n) is 6.85. The summed E-state index contributed by atoms with van der Waals surface area (Å²) in [6.45, 7) is 5.78. The van der Waals surface area contributed by atoms with Crippen LogP contribution in [0.2, 0.25) is 0 Å². The van der Waals surface area contributed by atoms with Crippen molar-refractivity contribution >= 4 is 17.9 Å². The normalized spacial score (nSPS) is 25.9. The van der Waals surface area contributed by atoms with Gasteiger partial charge in [0.15, 0.2) is 11.6 Å². The van der Waals surface area contributed by atoms with E-state index in [1.807, 2.05) is 26.8 Å². The predicted molar refractivity (Wildman–Crippen MR) is 144 cm³/mol. The van der Waals surface area contributed by atoms with Crippen LogP contribution in [0.4, 0.5) is 4.39 Å². The molecule has 2 fully saturated rings. The highest BCUT2D eigenvalue weighted by Gasteiger charge is 2.56. The Hall–Kier alpha value is -2.51. The molecule has 0 spiro atoms. The number of amides is 2. The molecular weight excluding hydrogens is 485 g/mol. The second-order valence-electron chi connectivity index (χ2n) is 11.5. The van der Waals surface area contributed by atoms with Crippen molar-refractivity contribution in [3.63, 3.8) is 0 Å². The first-order valence-electron chi connectivity index (χ1n) is 14.2. The molecule has 7 heteroatoms.